The van der Waals surface area contributed by atoms with E-state index in [0.717, 1.165) is 56.9 Å². The van der Waals surface area contributed by atoms with Crippen LogP contribution >= 0.6 is 0 Å². The summed E-state index contributed by atoms with van der Waals surface area (Å²) >= 11 is 0. The van der Waals surface area contributed by atoms with Gasteiger partial charge in [0.1, 0.15) is 11.9 Å². The molecule has 0 unspecified atom stereocenters. The number of nitrogens with one attached hydrogen (secondary N) is 1. The largest absolute Gasteiger partial charge is 0.490 e. The van der Waals surface area contributed by atoms with Crippen LogP contribution in [0.1, 0.15) is 44.7 Å². The van der Waals surface area contributed by atoms with Gasteiger partial charge in [0, 0.05) is 88.4 Å². The third kappa shape index (κ3) is 7.02. The minimum Gasteiger partial charge on any atom is -0.490 e. The van der Waals surface area contributed by atoms with Crippen LogP contribution in [0.5, 0.6) is 5.75 Å². The Morgan fingerprint density at radius 2 is 1.69 bits per heavy atom. The number of anilines is 1. The van der Waals surface area contributed by atoms with E-state index < -0.39 is 0 Å². The number of hydrogen-bond acceptors (Lipinski definition) is 6. The minimum absolute atomic E-state index is 0.00908. The molecule has 2 saturated heterocycles. The maximum absolute atomic E-state index is 12.9. The second-order valence-corrected chi connectivity index (χ2v) is 10.6. The molecule has 8 heteroatoms. The number of piperidine rings is 1. The summed E-state index contributed by atoms with van der Waals surface area (Å²) in [5.41, 5.74) is 4.17. The SMILES string of the molecule is Cc1ccc(NC(=O)c2ccc(CN3CCN(C)CC3)cc2)cc1OC1CCN(C(=O)c2cccnc2)CC1. The molecule has 2 aliphatic heterocycles. The van der Waals surface area contributed by atoms with E-state index in [0.29, 0.717) is 29.9 Å². The summed E-state index contributed by atoms with van der Waals surface area (Å²) in [7, 11) is 2.16. The van der Waals surface area contributed by atoms with E-state index >= 15 is 0 Å². The fourth-order valence-electron chi connectivity index (χ4n) is 5.06. The van der Waals surface area contributed by atoms with E-state index in [-0.39, 0.29) is 17.9 Å². The molecule has 2 aliphatic rings. The van der Waals surface area contributed by atoms with E-state index in [1.54, 1.807) is 24.5 Å². The van der Waals surface area contributed by atoms with Crippen molar-refractivity contribution in [3.63, 3.8) is 0 Å². The van der Waals surface area contributed by atoms with Gasteiger partial charge in [0.2, 0.25) is 0 Å². The Morgan fingerprint density at radius 3 is 2.38 bits per heavy atom. The first-order valence-corrected chi connectivity index (χ1v) is 13.7. The summed E-state index contributed by atoms with van der Waals surface area (Å²) in [6, 6.07) is 17.2. The number of hydrogen-bond donors (Lipinski definition) is 1. The molecule has 0 saturated carbocycles. The molecule has 3 heterocycles. The number of aryl methyl sites for hydroxylation is 1. The Labute approximate surface area is 230 Å². The van der Waals surface area contributed by atoms with Crippen molar-refractivity contribution in [2.75, 3.05) is 51.6 Å². The highest BCUT2D eigenvalue weighted by atomic mass is 16.5. The van der Waals surface area contributed by atoms with Crippen molar-refractivity contribution in [2.24, 2.45) is 0 Å². The lowest BCUT2D eigenvalue weighted by atomic mass is 10.1. The number of benzene rings is 2. The molecule has 2 amide bonds. The number of rotatable bonds is 7. The molecule has 3 aromatic rings. The third-order valence-electron chi connectivity index (χ3n) is 7.60. The van der Waals surface area contributed by atoms with Crippen LogP contribution in [0.15, 0.2) is 67.0 Å². The molecule has 0 atom stereocenters. The quantitative estimate of drug-likeness (QED) is 0.499. The van der Waals surface area contributed by atoms with E-state index in [9.17, 15) is 9.59 Å². The van der Waals surface area contributed by atoms with Crippen LogP contribution in [0.2, 0.25) is 0 Å². The molecule has 2 fully saturated rings. The predicted octanol–water partition coefficient (Wildman–Crippen LogP) is 4.07. The van der Waals surface area contributed by atoms with Crippen LogP contribution in [0.3, 0.4) is 0 Å². The minimum atomic E-state index is -0.141. The average molecular weight is 528 g/mol. The van der Waals surface area contributed by atoms with Crippen LogP contribution in [-0.2, 0) is 6.54 Å². The van der Waals surface area contributed by atoms with Gasteiger partial charge in [0.25, 0.3) is 11.8 Å². The van der Waals surface area contributed by atoms with Crippen molar-refractivity contribution in [3.8, 4) is 5.75 Å². The Balaban J connectivity index is 1.14. The Bertz CT molecular complexity index is 1270. The van der Waals surface area contributed by atoms with Gasteiger partial charge in [0.05, 0.1) is 5.56 Å². The number of piperazine rings is 1. The van der Waals surface area contributed by atoms with Crippen molar-refractivity contribution in [3.05, 3.63) is 89.2 Å². The lowest BCUT2D eigenvalue weighted by Crippen LogP contribution is -2.43. The van der Waals surface area contributed by atoms with Crippen molar-refractivity contribution in [1.82, 2.24) is 19.7 Å². The van der Waals surface area contributed by atoms with Crippen LogP contribution in [0.4, 0.5) is 5.69 Å². The van der Waals surface area contributed by atoms with Crippen LogP contribution in [-0.4, -0.2) is 83.9 Å². The fourth-order valence-corrected chi connectivity index (χ4v) is 5.06. The molecule has 0 spiro atoms. The van der Waals surface area contributed by atoms with Crippen LogP contribution in [0.25, 0.3) is 0 Å². The molecule has 8 nitrogen and oxygen atoms in total. The number of amides is 2. The molecule has 0 radical (unpaired) electrons. The van der Waals surface area contributed by atoms with E-state index in [1.165, 1.54) is 5.56 Å². The second-order valence-electron chi connectivity index (χ2n) is 10.6. The first-order valence-electron chi connectivity index (χ1n) is 13.7. The summed E-state index contributed by atoms with van der Waals surface area (Å²) in [6.07, 6.45) is 4.80. The van der Waals surface area contributed by atoms with Crippen molar-refractivity contribution in [2.45, 2.75) is 32.4 Å². The summed E-state index contributed by atoms with van der Waals surface area (Å²) < 4.78 is 6.33. The second kappa shape index (κ2) is 12.4. The van der Waals surface area contributed by atoms with Gasteiger partial charge in [-0.3, -0.25) is 19.5 Å². The maximum atomic E-state index is 12.9. The molecule has 0 aliphatic carbocycles. The topological polar surface area (TPSA) is 78.0 Å². The van der Waals surface area contributed by atoms with Crippen molar-refractivity contribution < 1.29 is 14.3 Å². The summed E-state index contributed by atoms with van der Waals surface area (Å²) in [6.45, 7) is 8.50. The first kappa shape index (κ1) is 26.8. The van der Waals surface area contributed by atoms with Gasteiger partial charge in [-0.1, -0.05) is 18.2 Å². The molecule has 1 N–H and O–H groups in total. The fraction of sp³-hybridized carbons (Fsp3) is 0.387. The monoisotopic (exact) mass is 527 g/mol. The zero-order valence-electron chi connectivity index (χ0n) is 22.8. The molecule has 0 bridgehead atoms. The summed E-state index contributed by atoms with van der Waals surface area (Å²) in [4.78, 5) is 36.4. The van der Waals surface area contributed by atoms with Gasteiger partial charge in [0.15, 0.2) is 0 Å². The third-order valence-corrected chi connectivity index (χ3v) is 7.60. The molecular weight excluding hydrogens is 490 g/mol. The highest BCUT2D eigenvalue weighted by molar-refractivity contribution is 6.04. The standard InChI is InChI=1S/C31H37N5O3/c1-23-5-10-27(33-30(37)25-8-6-24(7-9-25)22-35-18-16-34(2)17-19-35)20-29(23)39-28-11-14-36(15-12-28)31(38)26-4-3-13-32-21-26/h3-10,13,20-21,28H,11-12,14-19,22H2,1-2H3,(H,33,37). The Hall–Kier alpha value is -3.75. The average Bonchev–Trinajstić information content (AvgIpc) is 2.97. The highest BCUT2D eigenvalue weighted by Gasteiger charge is 2.25. The number of likely N-dealkylation sites (tertiary alicyclic amines) is 1. The molecule has 2 aromatic carbocycles. The van der Waals surface area contributed by atoms with Crippen molar-refractivity contribution >= 4 is 17.5 Å². The molecule has 204 valence electrons. The van der Waals surface area contributed by atoms with E-state index in [1.807, 2.05) is 54.3 Å². The lowest BCUT2D eigenvalue weighted by Gasteiger charge is -2.32. The van der Waals surface area contributed by atoms with Gasteiger partial charge in [-0.05, 0) is 55.4 Å². The lowest BCUT2D eigenvalue weighted by molar-refractivity contribution is 0.0594. The Morgan fingerprint density at radius 1 is 0.949 bits per heavy atom. The molecule has 1 aromatic heterocycles. The predicted molar refractivity (Wildman–Crippen MR) is 152 cm³/mol. The molecular formula is C31H37N5O3. The number of carbonyl (C=O) groups is 2. The highest BCUT2D eigenvalue weighted by Crippen LogP contribution is 2.27. The van der Waals surface area contributed by atoms with Gasteiger partial charge in [-0.2, -0.15) is 0 Å². The Kier molecular flexibility index (Phi) is 8.54. The first-order chi connectivity index (χ1) is 18.9. The number of pyridine rings is 1. The van der Waals surface area contributed by atoms with Gasteiger partial charge < -0.3 is 19.9 Å². The normalized spacial score (nSPS) is 17.1. The number of ether oxygens (including phenoxy) is 1. The smallest absolute Gasteiger partial charge is 0.255 e. The maximum Gasteiger partial charge on any atom is 0.255 e. The number of carbonyl (C=O) groups excluding carboxylic acids is 2. The summed E-state index contributed by atoms with van der Waals surface area (Å²) in [5, 5.41) is 3.02. The van der Waals surface area contributed by atoms with Crippen LogP contribution < -0.4 is 10.1 Å². The van der Waals surface area contributed by atoms with Gasteiger partial charge in [-0.15, -0.1) is 0 Å². The summed E-state index contributed by atoms with van der Waals surface area (Å²) in [5.74, 6) is 0.625. The number of nitrogens with zero attached hydrogens (tertiary/aromatic N) is 4. The number of aromatic nitrogens is 1. The molecule has 39 heavy (non-hydrogen) atoms. The number of likely N-dealkylation sites (N-methyl/N-ethyl adjacent to an activating group) is 1. The molecule has 5 rings (SSSR count). The zero-order chi connectivity index (χ0) is 27.2. The van der Waals surface area contributed by atoms with Crippen molar-refractivity contribution in [1.29, 1.82) is 0 Å². The zero-order valence-corrected chi connectivity index (χ0v) is 22.8. The van der Waals surface area contributed by atoms with Gasteiger partial charge >= 0.3 is 0 Å². The van der Waals surface area contributed by atoms with Crippen LogP contribution in [0, 0.1) is 6.92 Å². The van der Waals surface area contributed by atoms with Gasteiger partial charge in [-0.25, -0.2) is 0 Å². The van der Waals surface area contributed by atoms with E-state index in [4.69, 9.17) is 4.74 Å². The van der Waals surface area contributed by atoms with E-state index in [2.05, 4.69) is 27.1 Å².